The van der Waals surface area contributed by atoms with Crippen molar-refractivity contribution in [1.29, 1.82) is 0 Å². The van der Waals surface area contributed by atoms with Crippen LogP contribution in [0.25, 0.3) is 11.1 Å². The molecule has 5 nitrogen and oxygen atoms in total. The molecule has 1 unspecified atom stereocenters. The Morgan fingerprint density at radius 2 is 1.75 bits per heavy atom. The van der Waals surface area contributed by atoms with E-state index in [1.807, 2.05) is 0 Å². The van der Waals surface area contributed by atoms with Crippen molar-refractivity contribution in [2.75, 3.05) is 19.6 Å². The van der Waals surface area contributed by atoms with Crippen molar-refractivity contribution in [1.82, 2.24) is 10.6 Å². The van der Waals surface area contributed by atoms with E-state index >= 15 is 0 Å². The van der Waals surface area contributed by atoms with E-state index in [4.69, 9.17) is 0 Å². The zero-order valence-electron chi connectivity index (χ0n) is 15.2. The molecule has 0 aliphatic carbocycles. The first kappa shape index (κ1) is 22.1. The van der Waals surface area contributed by atoms with Gasteiger partial charge >= 0.3 is 6.61 Å². The number of rotatable bonds is 6. The quantitative estimate of drug-likeness (QED) is 0.681. The van der Waals surface area contributed by atoms with Crippen LogP contribution >= 0.6 is 12.4 Å². The minimum absolute atomic E-state index is 0. The van der Waals surface area contributed by atoms with Gasteiger partial charge in [-0.1, -0.05) is 24.3 Å². The lowest BCUT2D eigenvalue weighted by atomic mass is 9.94. The van der Waals surface area contributed by atoms with Crippen molar-refractivity contribution < 1.29 is 23.4 Å². The van der Waals surface area contributed by atoms with Crippen LogP contribution in [0.2, 0.25) is 0 Å². The molecular weight excluding hydrogens is 390 g/mol. The van der Waals surface area contributed by atoms with Gasteiger partial charge in [-0.2, -0.15) is 8.78 Å². The predicted molar refractivity (Wildman–Crippen MR) is 105 cm³/mol. The molecular formula is C20H23ClF2N2O3. The number of carbonyl (C=O) groups is 1. The first-order valence-corrected chi connectivity index (χ1v) is 8.82. The number of piperidine rings is 1. The molecule has 8 heteroatoms. The second kappa shape index (κ2) is 9.82. The molecule has 1 saturated heterocycles. The van der Waals surface area contributed by atoms with Gasteiger partial charge in [0, 0.05) is 18.7 Å². The number of amides is 1. The van der Waals surface area contributed by atoms with Gasteiger partial charge in [0.1, 0.15) is 5.75 Å². The molecule has 0 spiro atoms. The van der Waals surface area contributed by atoms with Crippen LogP contribution in [-0.4, -0.2) is 42.9 Å². The number of halogens is 3. The SMILES string of the molecule is Cl.O=C(NCC1(O)CCCNC1)c1ccc(-c2ccc(OC(F)F)cc2)cc1. The molecule has 2 aromatic rings. The van der Waals surface area contributed by atoms with Gasteiger partial charge in [-0.05, 0) is 54.8 Å². The van der Waals surface area contributed by atoms with Crippen LogP contribution in [0.4, 0.5) is 8.78 Å². The van der Waals surface area contributed by atoms with Crippen LogP contribution in [0.3, 0.4) is 0 Å². The molecule has 152 valence electrons. The smallest absolute Gasteiger partial charge is 0.387 e. The summed E-state index contributed by atoms with van der Waals surface area (Å²) < 4.78 is 28.7. The number of benzene rings is 2. The highest BCUT2D eigenvalue weighted by atomic mass is 35.5. The fourth-order valence-electron chi connectivity index (χ4n) is 3.09. The Labute approximate surface area is 168 Å². The number of hydrogen-bond donors (Lipinski definition) is 3. The molecule has 0 bridgehead atoms. The lowest BCUT2D eigenvalue weighted by Crippen LogP contribution is -2.52. The molecule has 0 saturated carbocycles. The monoisotopic (exact) mass is 412 g/mol. The predicted octanol–water partition coefficient (Wildman–Crippen LogP) is 3.22. The van der Waals surface area contributed by atoms with Gasteiger partial charge < -0.3 is 20.5 Å². The summed E-state index contributed by atoms with van der Waals surface area (Å²) in [4.78, 5) is 12.3. The van der Waals surface area contributed by atoms with E-state index in [0.717, 1.165) is 24.1 Å². The van der Waals surface area contributed by atoms with Crippen LogP contribution < -0.4 is 15.4 Å². The summed E-state index contributed by atoms with van der Waals surface area (Å²) in [6.45, 7) is -1.30. The summed E-state index contributed by atoms with van der Waals surface area (Å²) in [5.41, 5.74) is 1.26. The van der Waals surface area contributed by atoms with Gasteiger partial charge in [-0.15, -0.1) is 12.4 Å². The summed E-state index contributed by atoms with van der Waals surface area (Å²) >= 11 is 0. The number of β-amino-alcohol motifs (C(OH)–C–C–N with tert-alkyl or cyclic N) is 1. The van der Waals surface area contributed by atoms with Gasteiger partial charge in [0.05, 0.1) is 5.60 Å². The maximum atomic E-state index is 12.3. The van der Waals surface area contributed by atoms with E-state index in [-0.39, 0.29) is 30.6 Å². The largest absolute Gasteiger partial charge is 0.435 e. The third kappa shape index (κ3) is 5.89. The second-order valence-corrected chi connectivity index (χ2v) is 6.67. The normalized spacial score (nSPS) is 19.0. The Balaban J connectivity index is 0.00000280. The number of hydrogen-bond acceptors (Lipinski definition) is 4. The van der Waals surface area contributed by atoms with Gasteiger partial charge in [-0.25, -0.2) is 0 Å². The number of nitrogens with one attached hydrogen (secondary N) is 2. The summed E-state index contributed by atoms with van der Waals surface area (Å²) in [7, 11) is 0. The molecule has 0 radical (unpaired) electrons. The maximum Gasteiger partial charge on any atom is 0.387 e. The average Bonchev–Trinajstić information content (AvgIpc) is 2.67. The van der Waals surface area contributed by atoms with Gasteiger partial charge in [0.25, 0.3) is 5.91 Å². The fraction of sp³-hybridized carbons (Fsp3) is 0.350. The van der Waals surface area contributed by atoms with Crippen LogP contribution in [0.5, 0.6) is 5.75 Å². The zero-order valence-corrected chi connectivity index (χ0v) is 16.0. The lowest BCUT2D eigenvalue weighted by Gasteiger charge is -2.32. The van der Waals surface area contributed by atoms with E-state index in [0.29, 0.717) is 18.5 Å². The van der Waals surface area contributed by atoms with Crippen LogP contribution in [0.1, 0.15) is 23.2 Å². The minimum atomic E-state index is -2.85. The highest BCUT2D eigenvalue weighted by Gasteiger charge is 2.29. The van der Waals surface area contributed by atoms with E-state index in [1.54, 1.807) is 36.4 Å². The lowest BCUT2D eigenvalue weighted by molar-refractivity contribution is -0.0498. The molecule has 1 fully saturated rings. The minimum Gasteiger partial charge on any atom is -0.435 e. The molecule has 2 aromatic carbocycles. The third-order valence-corrected chi connectivity index (χ3v) is 4.59. The Hall–Kier alpha value is -2.22. The molecule has 3 rings (SSSR count). The molecule has 1 aliphatic rings. The van der Waals surface area contributed by atoms with E-state index in [1.165, 1.54) is 12.1 Å². The molecule has 0 aromatic heterocycles. The molecule has 1 amide bonds. The summed E-state index contributed by atoms with van der Waals surface area (Å²) in [5.74, 6) is -0.152. The number of carbonyl (C=O) groups excluding carboxylic acids is 1. The first-order valence-electron chi connectivity index (χ1n) is 8.82. The summed E-state index contributed by atoms with van der Waals surface area (Å²) in [6.07, 6.45) is 1.53. The fourth-order valence-corrected chi connectivity index (χ4v) is 3.09. The average molecular weight is 413 g/mol. The maximum absolute atomic E-state index is 12.3. The molecule has 28 heavy (non-hydrogen) atoms. The van der Waals surface area contributed by atoms with Crippen LogP contribution in [0, 0.1) is 0 Å². The van der Waals surface area contributed by atoms with Crippen molar-refractivity contribution in [2.45, 2.75) is 25.1 Å². The Morgan fingerprint density at radius 1 is 1.14 bits per heavy atom. The number of aliphatic hydroxyl groups is 1. The van der Waals surface area contributed by atoms with E-state index in [2.05, 4.69) is 15.4 Å². The highest BCUT2D eigenvalue weighted by molar-refractivity contribution is 5.94. The van der Waals surface area contributed by atoms with Crippen molar-refractivity contribution in [2.24, 2.45) is 0 Å². The van der Waals surface area contributed by atoms with Crippen molar-refractivity contribution in [3.05, 3.63) is 54.1 Å². The van der Waals surface area contributed by atoms with Crippen molar-refractivity contribution in [3.63, 3.8) is 0 Å². The number of ether oxygens (including phenoxy) is 1. The molecule has 1 atom stereocenters. The van der Waals surface area contributed by atoms with Gasteiger partial charge in [0.2, 0.25) is 0 Å². The summed E-state index contributed by atoms with van der Waals surface area (Å²) in [5, 5.41) is 16.3. The Morgan fingerprint density at radius 3 is 2.29 bits per heavy atom. The topological polar surface area (TPSA) is 70.6 Å². The van der Waals surface area contributed by atoms with Gasteiger partial charge in [-0.3, -0.25) is 4.79 Å². The van der Waals surface area contributed by atoms with Gasteiger partial charge in [0.15, 0.2) is 0 Å². The molecule has 1 aliphatic heterocycles. The third-order valence-electron chi connectivity index (χ3n) is 4.59. The highest BCUT2D eigenvalue weighted by Crippen LogP contribution is 2.24. The molecule has 3 N–H and O–H groups in total. The van der Waals surface area contributed by atoms with E-state index < -0.39 is 12.2 Å². The van der Waals surface area contributed by atoms with E-state index in [9.17, 15) is 18.7 Å². The second-order valence-electron chi connectivity index (χ2n) is 6.67. The van der Waals surface area contributed by atoms with Crippen LogP contribution in [-0.2, 0) is 0 Å². The Kier molecular flexibility index (Phi) is 7.74. The summed E-state index contributed by atoms with van der Waals surface area (Å²) in [6, 6.07) is 13.3. The van der Waals surface area contributed by atoms with Crippen molar-refractivity contribution >= 4 is 18.3 Å². The first-order chi connectivity index (χ1) is 13.0. The zero-order chi connectivity index (χ0) is 19.3. The Bertz CT molecular complexity index is 764. The standard InChI is InChI=1S/C20H22F2N2O3.ClH/c21-19(22)27-17-8-6-15(7-9-17)14-2-4-16(5-3-14)18(25)24-13-20(26)10-1-11-23-12-20;/h2-9,19,23,26H,1,10-13H2,(H,24,25);1H. The van der Waals surface area contributed by atoms with Crippen LogP contribution in [0.15, 0.2) is 48.5 Å². The molecule has 1 heterocycles. The number of alkyl halides is 2. The van der Waals surface area contributed by atoms with Crippen molar-refractivity contribution in [3.8, 4) is 16.9 Å².